The molecule has 0 unspecified atom stereocenters. The summed E-state index contributed by atoms with van der Waals surface area (Å²) in [4.78, 5) is 16.1. The molecule has 0 fully saturated rings. The lowest BCUT2D eigenvalue weighted by atomic mass is 10.2. The first kappa shape index (κ1) is 17.6. The van der Waals surface area contributed by atoms with E-state index in [1.165, 1.54) is 0 Å². The molecule has 24 heavy (non-hydrogen) atoms. The lowest BCUT2D eigenvalue weighted by Crippen LogP contribution is -2.27. The molecule has 0 spiro atoms. The van der Waals surface area contributed by atoms with Crippen molar-refractivity contribution >= 4 is 17.3 Å². The molecule has 1 heterocycles. The number of benzene rings is 1. The molecule has 1 aromatic carbocycles. The van der Waals surface area contributed by atoms with Crippen molar-refractivity contribution in [2.75, 3.05) is 26.1 Å². The quantitative estimate of drug-likeness (QED) is 0.816. The lowest BCUT2D eigenvalue weighted by Gasteiger charge is -2.11. The second-order valence-electron chi connectivity index (χ2n) is 5.73. The van der Waals surface area contributed by atoms with E-state index in [2.05, 4.69) is 15.6 Å². The van der Waals surface area contributed by atoms with Crippen LogP contribution in [0.5, 0.6) is 11.5 Å². The number of amides is 1. The molecule has 2 rings (SSSR count). The molecule has 0 atom stereocenters. The smallest absolute Gasteiger partial charge is 0.269 e. The number of carbonyl (C=O) groups is 1. The third kappa shape index (κ3) is 4.62. The Labute approximate surface area is 142 Å². The monoisotopic (exact) mass is 329 g/mol. The zero-order chi connectivity index (χ0) is 17.5. The molecule has 0 bridgehead atoms. The Balaban J connectivity index is 2.05. The summed E-state index contributed by atoms with van der Waals surface area (Å²) in [6.07, 6.45) is 1.63. The summed E-state index contributed by atoms with van der Waals surface area (Å²) in [5.41, 5.74) is 2.02. The third-order valence-electron chi connectivity index (χ3n) is 3.34. The molecule has 6 nitrogen and oxygen atoms in total. The summed E-state index contributed by atoms with van der Waals surface area (Å²) >= 11 is 0. The van der Waals surface area contributed by atoms with Gasteiger partial charge in [-0.2, -0.15) is 0 Å². The molecule has 1 aromatic heterocycles. The number of nitrogens with zero attached hydrogens (tertiary/aromatic N) is 1. The average Bonchev–Trinajstić information content (AvgIpc) is 2.60. The fourth-order valence-corrected chi connectivity index (χ4v) is 2.07. The van der Waals surface area contributed by atoms with Gasteiger partial charge < -0.3 is 20.1 Å². The van der Waals surface area contributed by atoms with E-state index < -0.39 is 0 Å². The highest BCUT2D eigenvalue weighted by atomic mass is 16.5. The minimum absolute atomic E-state index is 0.165. The highest BCUT2D eigenvalue weighted by Crippen LogP contribution is 2.30. The molecule has 0 radical (unpaired) electrons. The Morgan fingerprint density at radius 2 is 1.79 bits per heavy atom. The topological polar surface area (TPSA) is 72.5 Å². The van der Waals surface area contributed by atoms with Crippen LogP contribution in [0.4, 0.5) is 11.4 Å². The van der Waals surface area contributed by atoms with Gasteiger partial charge in [0.15, 0.2) is 11.5 Å². The Hall–Kier alpha value is -2.76. The van der Waals surface area contributed by atoms with Crippen molar-refractivity contribution in [2.24, 2.45) is 5.92 Å². The van der Waals surface area contributed by atoms with Crippen molar-refractivity contribution in [1.29, 1.82) is 0 Å². The van der Waals surface area contributed by atoms with E-state index in [1.54, 1.807) is 26.5 Å². The van der Waals surface area contributed by atoms with Crippen molar-refractivity contribution in [1.82, 2.24) is 10.3 Å². The van der Waals surface area contributed by atoms with E-state index in [0.717, 1.165) is 11.4 Å². The van der Waals surface area contributed by atoms with Crippen molar-refractivity contribution < 1.29 is 14.3 Å². The van der Waals surface area contributed by atoms with Gasteiger partial charge in [-0.15, -0.1) is 0 Å². The minimum atomic E-state index is -0.165. The van der Waals surface area contributed by atoms with Gasteiger partial charge in [-0.1, -0.05) is 13.8 Å². The predicted molar refractivity (Wildman–Crippen MR) is 94.2 cm³/mol. The standard InChI is InChI=1S/C18H23N3O3/c1-12(2)10-20-18(22)15-7-5-14(11-19-15)21-13-6-8-16(23-3)17(9-13)24-4/h5-9,11-12,21H,10H2,1-4H3,(H,20,22). The van der Waals surface area contributed by atoms with E-state index in [9.17, 15) is 4.79 Å². The molecule has 6 heteroatoms. The second-order valence-corrected chi connectivity index (χ2v) is 5.73. The van der Waals surface area contributed by atoms with Crippen molar-refractivity contribution in [2.45, 2.75) is 13.8 Å². The highest BCUT2D eigenvalue weighted by molar-refractivity contribution is 5.92. The van der Waals surface area contributed by atoms with Crippen molar-refractivity contribution in [3.05, 3.63) is 42.2 Å². The van der Waals surface area contributed by atoms with Gasteiger partial charge in [0, 0.05) is 18.3 Å². The highest BCUT2D eigenvalue weighted by Gasteiger charge is 2.08. The number of aromatic nitrogens is 1. The van der Waals surface area contributed by atoms with Crippen LogP contribution in [0.25, 0.3) is 0 Å². The van der Waals surface area contributed by atoms with Gasteiger partial charge in [0.2, 0.25) is 0 Å². The molecular formula is C18H23N3O3. The van der Waals surface area contributed by atoms with Crippen LogP contribution in [0.2, 0.25) is 0 Å². The summed E-state index contributed by atoms with van der Waals surface area (Å²) < 4.78 is 10.5. The van der Waals surface area contributed by atoms with E-state index >= 15 is 0 Å². The van der Waals surface area contributed by atoms with Crippen LogP contribution in [-0.4, -0.2) is 31.7 Å². The average molecular weight is 329 g/mol. The van der Waals surface area contributed by atoms with E-state index in [1.807, 2.05) is 38.1 Å². The largest absolute Gasteiger partial charge is 0.493 e. The number of anilines is 2. The first-order valence-corrected chi connectivity index (χ1v) is 7.76. The molecule has 128 valence electrons. The fraction of sp³-hybridized carbons (Fsp3) is 0.333. The number of nitrogens with one attached hydrogen (secondary N) is 2. The second kappa shape index (κ2) is 8.19. The minimum Gasteiger partial charge on any atom is -0.493 e. The van der Waals surface area contributed by atoms with E-state index in [4.69, 9.17) is 9.47 Å². The van der Waals surface area contributed by atoms with Gasteiger partial charge in [0.1, 0.15) is 5.69 Å². The summed E-state index contributed by atoms with van der Waals surface area (Å²) in [5, 5.41) is 6.06. The first-order valence-electron chi connectivity index (χ1n) is 7.76. The first-order chi connectivity index (χ1) is 11.5. The number of hydrogen-bond acceptors (Lipinski definition) is 5. The number of carbonyl (C=O) groups excluding carboxylic acids is 1. The number of pyridine rings is 1. The number of ether oxygens (including phenoxy) is 2. The molecular weight excluding hydrogens is 306 g/mol. The van der Waals surface area contributed by atoms with Gasteiger partial charge in [0.25, 0.3) is 5.91 Å². The van der Waals surface area contributed by atoms with Crippen LogP contribution in [0.1, 0.15) is 24.3 Å². The van der Waals surface area contributed by atoms with Crippen LogP contribution in [0, 0.1) is 5.92 Å². The molecule has 2 aromatic rings. The van der Waals surface area contributed by atoms with Gasteiger partial charge in [-0.3, -0.25) is 4.79 Å². The van der Waals surface area contributed by atoms with Gasteiger partial charge >= 0.3 is 0 Å². The van der Waals surface area contributed by atoms with Crippen molar-refractivity contribution in [3.63, 3.8) is 0 Å². The predicted octanol–water partition coefficient (Wildman–Crippen LogP) is 3.23. The van der Waals surface area contributed by atoms with Crippen LogP contribution in [0.15, 0.2) is 36.5 Å². The van der Waals surface area contributed by atoms with E-state index in [0.29, 0.717) is 29.7 Å². The van der Waals surface area contributed by atoms with Crippen molar-refractivity contribution in [3.8, 4) is 11.5 Å². The zero-order valence-electron chi connectivity index (χ0n) is 14.4. The number of rotatable bonds is 7. The Bertz CT molecular complexity index is 684. The number of hydrogen-bond donors (Lipinski definition) is 2. The molecule has 2 N–H and O–H groups in total. The summed E-state index contributed by atoms with van der Waals surface area (Å²) in [6.45, 7) is 4.72. The number of methoxy groups -OCH3 is 2. The fourth-order valence-electron chi connectivity index (χ4n) is 2.07. The van der Waals surface area contributed by atoms with Crippen LogP contribution >= 0.6 is 0 Å². The summed E-state index contributed by atoms with van der Waals surface area (Å²) in [5.74, 6) is 1.54. The Morgan fingerprint density at radius 3 is 2.38 bits per heavy atom. The van der Waals surface area contributed by atoms with E-state index in [-0.39, 0.29) is 5.91 Å². The lowest BCUT2D eigenvalue weighted by molar-refractivity contribution is 0.0944. The molecule has 0 aliphatic heterocycles. The van der Waals surface area contributed by atoms with Crippen LogP contribution in [-0.2, 0) is 0 Å². The van der Waals surface area contributed by atoms with Crippen LogP contribution in [0.3, 0.4) is 0 Å². The summed E-state index contributed by atoms with van der Waals surface area (Å²) in [6, 6.07) is 9.04. The molecule has 0 aliphatic carbocycles. The molecule has 0 saturated carbocycles. The SMILES string of the molecule is COc1ccc(Nc2ccc(C(=O)NCC(C)C)nc2)cc1OC. The Morgan fingerprint density at radius 1 is 1.08 bits per heavy atom. The van der Waals surface area contributed by atoms with Gasteiger partial charge in [-0.05, 0) is 30.2 Å². The maximum absolute atomic E-state index is 11.9. The van der Waals surface area contributed by atoms with Gasteiger partial charge in [-0.25, -0.2) is 4.98 Å². The molecule has 0 saturated heterocycles. The van der Waals surface area contributed by atoms with Gasteiger partial charge in [0.05, 0.1) is 26.1 Å². The molecule has 1 amide bonds. The summed E-state index contributed by atoms with van der Waals surface area (Å²) in [7, 11) is 3.19. The Kier molecular flexibility index (Phi) is 6.01. The molecule has 0 aliphatic rings. The maximum atomic E-state index is 11.9. The zero-order valence-corrected chi connectivity index (χ0v) is 14.4. The van der Waals surface area contributed by atoms with Crippen LogP contribution < -0.4 is 20.1 Å². The third-order valence-corrected chi connectivity index (χ3v) is 3.34. The maximum Gasteiger partial charge on any atom is 0.269 e. The normalized spacial score (nSPS) is 10.4.